The fourth-order valence-electron chi connectivity index (χ4n) is 3.96. The van der Waals surface area contributed by atoms with Gasteiger partial charge in [-0.05, 0) is 51.4 Å². The van der Waals surface area contributed by atoms with Crippen LogP contribution >= 0.6 is 0 Å². The third-order valence-electron chi connectivity index (χ3n) is 5.88. The third kappa shape index (κ3) is 4.35. The second-order valence-electron chi connectivity index (χ2n) is 9.23. The van der Waals surface area contributed by atoms with Crippen LogP contribution < -0.4 is 0 Å². The molecule has 162 valence electrons. The quantitative estimate of drug-likeness (QED) is 0.290. The zero-order valence-electron chi connectivity index (χ0n) is 19.1. The van der Waals surface area contributed by atoms with Crippen molar-refractivity contribution in [2.24, 2.45) is 0 Å². The van der Waals surface area contributed by atoms with Gasteiger partial charge in [-0.25, -0.2) is 0 Å². The normalized spacial score (nSPS) is 11.5. The second-order valence-corrected chi connectivity index (χ2v) is 9.23. The van der Waals surface area contributed by atoms with Crippen LogP contribution in [0.1, 0.15) is 26.3 Å². The van der Waals surface area contributed by atoms with Crippen LogP contribution in [0.2, 0.25) is 0 Å². The first kappa shape index (κ1) is 20.9. The molecule has 0 aliphatic rings. The molecule has 5 rings (SSSR count). The Morgan fingerprint density at radius 1 is 0.485 bits per heavy atom. The molecule has 3 nitrogen and oxygen atoms in total. The molecule has 0 saturated heterocycles. The Bertz CT molecular complexity index is 1360. The maximum Gasteiger partial charge on any atom is 0.248 e. The van der Waals surface area contributed by atoms with Gasteiger partial charge in [0.25, 0.3) is 0 Å². The van der Waals surface area contributed by atoms with Gasteiger partial charge in [-0.3, -0.25) is 0 Å². The van der Waals surface area contributed by atoms with Crippen LogP contribution in [0.3, 0.4) is 0 Å². The van der Waals surface area contributed by atoms with E-state index in [1.54, 1.807) is 0 Å². The van der Waals surface area contributed by atoms with E-state index in [2.05, 4.69) is 97.7 Å². The topological polar surface area (TPSA) is 38.9 Å². The summed E-state index contributed by atoms with van der Waals surface area (Å²) in [6.45, 7) is 6.61. The minimum absolute atomic E-state index is 0.105. The molecule has 1 heterocycles. The minimum Gasteiger partial charge on any atom is -0.416 e. The molecular formula is C30H26N2O. The highest BCUT2D eigenvalue weighted by molar-refractivity contribution is 5.81. The van der Waals surface area contributed by atoms with Gasteiger partial charge in [-0.2, -0.15) is 0 Å². The Labute approximate surface area is 194 Å². The molecule has 0 aliphatic heterocycles. The number of rotatable bonds is 4. The molecule has 0 spiro atoms. The summed E-state index contributed by atoms with van der Waals surface area (Å²) in [4.78, 5) is 0. The molecule has 0 radical (unpaired) electrons. The third-order valence-corrected chi connectivity index (χ3v) is 5.88. The molecular weight excluding hydrogens is 404 g/mol. The summed E-state index contributed by atoms with van der Waals surface area (Å²) in [5, 5.41) is 8.70. The van der Waals surface area contributed by atoms with E-state index in [9.17, 15) is 0 Å². The summed E-state index contributed by atoms with van der Waals surface area (Å²) in [5.74, 6) is 1.05. The van der Waals surface area contributed by atoms with Gasteiger partial charge in [0.2, 0.25) is 11.8 Å². The molecule has 4 aromatic carbocycles. The van der Waals surface area contributed by atoms with Gasteiger partial charge in [0.05, 0.1) is 0 Å². The lowest BCUT2D eigenvalue weighted by Crippen LogP contribution is -2.10. The van der Waals surface area contributed by atoms with Gasteiger partial charge >= 0.3 is 0 Å². The summed E-state index contributed by atoms with van der Waals surface area (Å²) in [5.41, 5.74) is 7.80. The largest absolute Gasteiger partial charge is 0.416 e. The standard InChI is InChI=1S/C30H26N2O/c1-30(2,3)25-19-17-24(18-20-25)28-31-32-29(33-28)27-12-8-7-11-26(27)23-15-13-22(14-16-23)21-9-5-4-6-10-21/h4-20H,1-3H3. The molecule has 0 amide bonds. The van der Waals surface area contributed by atoms with Crippen molar-refractivity contribution < 1.29 is 4.42 Å². The number of hydrogen-bond acceptors (Lipinski definition) is 3. The van der Waals surface area contributed by atoms with E-state index >= 15 is 0 Å². The monoisotopic (exact) mass is 430 g/mol. The Balaban J connectivity index is 1.46. The summed E-state index contributed by atoms with van der Waals surface area (Å²) >= 11 is 0. The molecule has 0 unspecified atom stereocenters. The van der Waals surface area contributed by atoms with Crippen LogP contribution in [-0.2, 0) is 5.41 Å². The number of benzene rings is 4. The lowest BCUT2D eigenvalue weighted by molar-refractivity contribution is 0.582. The van der Waals surface area contributed by atoms with E-state index in [0.29, 0.717) is 11.8 Å². The van der Waals surface area contributed by atoms with Gasteiger partial charge in [0.15, 0.2) is 0 Å². The Morgan fingerprint density at radius 3 is 1.67 bits per heavy atom. The Hall–Kier alpha value is -3.98. The highest BCUT2D eigenvalue weighted by Gasteiger charge is 2.17. The zero-order chi connectivity index (χ0) is 22.8. The zero-order valence-corrected chi connectivity index (χ0v) is 19.1. The minimum atomic E-state index is 0.105. The molecule has 0 aliphatic carbocycles. The number of hydrogen-bond donors (Lipinski definition) is 0. The number of aromatic nitrogens is 2. The van der Waals surface area contributed by atoms with Crippen molar-refractivity contribution in [3.63, 3.8) is 0 Å². The highest BCUT2D eigenvalue weighted by atomic mass is 16.4. The van der Waals surface area contributed by atoms with E-state index in [-0.39, 0.29) is 5.41 Å². The predicted molar refractivity (Wildman–Crippen MR) is 135 cm³/mol. The maximum atomic E-state index is 6.11. The average Bonchev–Trinajstić information content (AvgIpc) is 3.35. The molecule has 3 heteroatoms. The smallest absolute Gasteiger partial charge is 0.248 e. The summed E-state index contributed by atoms with van der Waals surface area (Å²) in [6, 6.07) is 35.5. The maximum absolute atomic E-state index is 6.11. The van der Waals surface area contributed by atoms with Crippen LogP contribution in [0.4, 0.5) is 0 Å². The van der Waals surface area contributed by atoms with Gasteiger partial charge in [-0.15, -0.1) is 10.2 Å². The molecule has 0 bridgehead atoms. The first-order valence-corrected chi connectivity index (χ1v) is 11.2. The lowest BCUT2D eigenvalue weighted by atomic mass is 9.87. The van der Waals surface area contributed by atoms with Crippen molar-refractivity contribution in [1.29, 1.82) is 0 Å². The van der Waals surface area contributed by atoms with Crippen molar-refractivity contribution >= 4 is 0 Å². The Morgan fingerprint density at radius 2 is 1.00 bits per heavy atom. The van der Waals surface area contributed by atoms with Crippen molar-refractivity contribution in [3.8, 4) is 45.2 Å². The molecule has 0 fully saturated rings. The van der Waals surface area contributed by atoms with Crippen molar-refractivity contribution in [1.82, 2.24) is 10.2 Å². The summed E-state index contributed by atoms with van der Waals surface area (Å²) < 4.78 is 6.11. The average molecular weight is 431 g/mol. The predicted octanol–water partition coefficient (Wildman–Crippen LogP) is 8.04. The van der Waals surface area contributed by atoms with Gasteiger partial charge in [0.1, 0.15) is 0 Å². The molecule has 0 saturated carbocycles. The van der Waals surface area contributed by atoms with Gasteiger partial charge in [0, 0.05) is 11.1 Å². The van der Waals surface area contributed by atoms with E-state index in [1.165, 1.54) is 16.7 Å². The molecule has 5 aromatic rings. The van der Waals surface area contributed by atoms with Crippen LogP contribution in [0.15, 0.2) is 108 Å². The lowest BCUT2D eigenvalue weighted by Gasteiger charge is -2.18. The summed E-state index contributed by atoms with van der Waals surface area (Å²) in [6.07, 6.45) is 0. The second kappa shape index (κ2) is 8.51. The molecule has 0 atom stereocenters. The SMILES string of the molecule is CC(C)(C)c1ccc(-c2nnc(-c3ccccc3-c3ccc(-c4ccccc4)cc3)o2)cc1. The van der Waals surface area contributed by atoms with E-state index in [1.807, 2.05) is 36.4 Å². The van der Waals surface area contributed by atoms with Crippen molar-refractivity contribution in [3.05, 3.63) is 109 Å². The highest BCUT2D eigenvalue weighted by Crippen LogP contribution is 2.34. The van der Waals surface area contributed by atoms with Crippen LogP contribution in [0.5, 0.6) is 0 Å². The fraction of sp³-hybridized carbons (Fsp3) is 0.133. The summed E-state index contributed by atoms with van der Waals surface area (Å²) in [7, 11) is 0. The van der Waals surface area contributed by atoms with Crippen molar-refractivity contribution in [2.45, 2.75) is 26.2 Å². The first-order valence-electron chi connectivity index (χ1n) is 11.2. The van der Waals surface area contributed by atoms with Gasteiger partial charge < -0.3 is 4.42 Å². The number of nitrogens with zero attached hydrogens (tertiary/aromatic N) is 2. The first-order chi connectivity index (χ1) is 16.0. The molecule has 1 aromatic heterocycles. The van der Waals surface area contributed by atoms with E-state index in [0.717, 1.165) is 22.3 Å². The molecule has 0 N–H and O–H groups in total. The molecule has 33 heavy (non-hydrogen) atoms. The van der Waals surface area contributed by atoms with Crippen LogP contribution in [0, 0.1) is 0 Å². The van der Waals surface area contributed by atoms with Crippen molar-refractivity contribution in [2.75, 3.05) is 0 Å². The van der Waals surface area contributed by atoms with E-state index in [4.69, 9.17) is 4.42 Å². The van der Waals surface area contributed by atoms with Crippen LogP contribution in [0.25, 0.3) is 45.2 Å². The Kier molecular flexibility index (Phi) is 5.39. The van der Waals surface area contributed by atoms with E-state index < -0.39 is 0 Å². The van der Waals surface area contributed by atoms with Gasteiger partial charge in [-0.1, -0.05) is 106 Å². The fourth-order valence-corrected chi connectivity index (χ4v) is 3.96. The van der Waals surface area contributed by atoms with Crippen LogP contribution in [-0.4, -0.2) is 10.2 Å².